The van der Waals surface area contributed by atoms with Crippen molar-refractivity contribution < 1.29 is 4.79 Å². The van der Waals surface area contributed by atoms with Crippen molar-refractivity contribution in [1.29, 1.82) is 0 Å². The topological polar surface area (TPSA) is 78.2 Å². The average Bonchev–Trinajstić information content (AvgIpc) is 2.79. The normalized spacial score (nSPS) is 17.0. The van der Waals surface area contributed by atoms with Gasteiger partial charge in [-0.15, -0.1) is 0 Å². The van der Waals surface area contributed by atoms with E-state index in [1.807, 2.05) is 11.8 Å². The molecule has 1 saturated heterocycles. The third-order valence-corrected chi connectivity index (χ3v) is 4.53. The van der Waals surface area contributed by atoms with Gasteiger partial charge in [-0.25, -0.2) is 0 Å². The Kier molecular flexibility index (Phi) is 4.88. The summed E-state index contributed by atoms with van der Waals surface area (Å²) < 4.78 is 0. The molecule has 0 atom stereocenters. The number of rotatable bonds is 4. The summed E-state index contributed by atoms with van der Waals surface area (Å²) >= 11 is 0. The van der Waals surface area contributed by atoms with Gasteiger partial charge < -0.3 is 15.5 Å². The van der Waals surface area contributed by atoms with Crippen LogP contribution in [-0.4, -0.2) is 58.6 Å². The zero-order valence-corrected chi connectivity index (χ0v) is 13.5. The van der Waals surface area contributed by atoms with Crippen molar-refractivity contribution in [3.05, 3.63) is 11.4 Å². The molecule has 3 N–H and O–H groups in total. The number of nitrogens with zero attached hydrogens (tertiary/aromatic N) is 3. The molecule has 2 heterocycles. The molecule has 0 spiro atoms. The van der Waals surface area contributed by atoms with E-state index < -0.39 is 0 Å². The minimum absolute atomic E-state index is 0.0486. The predicted molar refractivity (Wildman–Crippen MR) is 84.1 cm³/mol. The van der Waals surface area contributed by atoms with Crippen LogP contribution in [0.5, 0.6) is 0 Å². The number of carbonyl (C=O) groups is 1. The molecule has 1 aliphatic heterocycles. The summed E-state index contributed by atoms with van der Waals surface area (Å²) in [5.74, 6) is 0.618. The third-order valence-electron chi connectivity index (χ3n) is 4.53. The van der Waals surface area contributed by atoms with Gasteiger partial charge >= 0.3 is 0 Å². The van der Waals surface area contributed by atoms with Crippen LogP contribution in [0.2, 0.25) is 0 Å². The van der Waals surface area contributed by atoms with E-state index in [2.05, 4.69) is 36.0 Å². The Morgan fingerprint density at radius 3 is 2.57 bits per heavy atom. The molecule has 0 unspecified atom stereocenters. The van der Waals surface area contributed by atoms with E-state index in [0.717, 1.165) is 38.2 Å². The quantitative estimate of drug-likeness (QED) is 0.881. The van der Waals surface area contributed by atoms with Crippen molar-refractivity contribution in [2.24, 2.45) is 5.92 Å². The second-order valence-corrected chi connectivity index (χ2v) is 6.38. The Hall–Kier alpha value is -1.56. The number of aryl methyl sites for hydroxylation is 1. The van der Waals surface area contributed by atoms with Crippen molar-refractivity contribution in [3.8, 4) is 0 Å². The van der Waals surface area contributed by atoms with Gasteiger partial charge in [0.1, 0.15) is 0 Å². The number of hydrogen-bond acceptors (Lipinski definition) is 4. The average molecular weight is 293 g/mol. The molecular weight excluding hydrogens is 266 g/mol. The van der Waals surface area contributed by atoms with Crippen LogP contribution in [-0.2, 0) is 0 Å². The molecule has 6 nitrogen and oxygen atoms in total. The van der Waals surface area contributed by atoms with Crippen molar-refractivity contribution >= 4 is 11.6 Å². The van der Waals surface area contributed by atoms with E-state index in [1.54, 1.807) is 0 Å². The molecule has 1 aromatic heterocycles. The molecule has 1 amide bonds. The highest BCUT2D eigenvalue weighted by atomic mass is 16.2. The first-order valence-electron chi connectivity index (χ1n) is 7.70. The number of nitrogens with two attached hydrogens (primary N) is 1. The molecular formula is C15H27N5O. The van der Waals surface area contributed by atoms with E-state index in [0.29, 0.717) is 23.3 Å². The van der Waals surface area contributed by atoms with Gasteiger partial charge in [0.25, 0.3) is 5.91 Å². The van der Waals surface area contributed by atoms with E-state index in [4.69, 9.17) is 5.73 Å². The molecule has 1 aromatic rings. The van der Waals surface area contributed by atoms with E-state index in [1.165, 1.54) is 0 Å². The number of nitrogen functional groups attached to an aromatic ring is 1. The van der Waals surface area contributed by atoms with Crippen LogP contribution in [0.3, 0.4) is 0 Å². The number of amides is 1. The number of likely N-dealkylation sites (tertiary alicyclic amines) is 1. The first-order chi connectivity index (χ1) is 9.90. The van der Waals surface area contributed by atoms with Gasteiger partial charge in [-0.1, -0.05) is 0 Å². The van der Waals surface area contributed by atoms with Crippen LogP contribution in [0.25, 0.3) is 0 Å². The summed E-state index contributed by atoms with van der Waals surface area (Å²) in [4.78, 5) is 16.7. The molecule has 0 aliphatic carbocycles. The summed E-state index contributed by atoms with van der Waals surface area (Å²) in [6.07, 6.45) is 2.10. The monoisotopic (exact) mass is 293 g/mol. The molecule has 1 fully saturated rings. The minimum Gasteiger partial charge on any atom is -0.395 e. The lowest BCUT2D eigenvalue weighted by Crippen LogP contribution is -2.42. The fraction of sp³-hybridized carbons (Fsp3) is 0.733. The van der Waals surface area contributed by atoms with Gasteiger partial charge in [-0.05, 0) is 46.6 Å². The first-order valence-corrected chi connectivity index (χ1v) is 7.70. The van der Waals surface area contributed by atoms with Crippen LogP contribution in [0, 0.1) is 12.8 Å². The van der Waals surface area contributed by atoms with Gasteiger partial charge in [0.05, 0.1) is 11.4 Å². The van der Waals surface area contributed by atoms with Crippen LogP contribution >= 0.6 is 0 Å². The van der Waals surface area contributed by atoms with Crippen molar-refractivity contribution in [2.75, 3.05) is 32.4 Å². The van der Waals surface area contributed by atoms with Crippen LogP contribution in [0.15, 0.2) is 0 Å². The SMILES string of the molecule is Cc1[nH]nc(C(=O)N2CCC(CN(C)C(C)C)CC2)c1N. The second-order valence-electron chi connectivity index (χ2n) is 6.38. The molecule has 0 aromatic carbocycles. The van der Waals surface area contributed by atoms with Gasteiger partial charge in [0.15, 0.2) is 5.69 Å². The Balaban J connectivity index is 1.89. The van der Waals surface area contributed by atoms with Gasteiger partial charge in [-0.2, -0.15) is 5.10 Å². The van der Waals surface area contributed by atoms with E-state index in [-0.39, 0.29) is 5.91 Å². The van der Waals surface area contributed by atoms with Crippen molar-refractivity contribution in [3.63, 3.8) is 0 Å². The highest BCUT2D eigenvalue weighted by Crippen LogP contribution is 2.22. The maximum atomic E-state index is 12.4. The maximum absolute atomic E-state index is 12.4. The number of carbonyl (C=O) groups excluding carboxylic acids is 1. The van der Waals surface area contributed by atoms with Gasteiger partial charge in [0.2, 0.25) is 0 Å². The highest BCUT2D eigenvalue weighted by Gasteiger charge is 2.27. The van der Waals surface area contributed by atoms with Gasteiger partial charge in [0, 0.05) is 25.7 Å². The number of H-pyrrole nitrogens is 1. The number of aromatic amines is 1. The Bertz CT molecular complexity index is 488. The fourth-order valence-electron chi connectivity index (χ4n) is 2.69. The number of aromatic nitrogens is 2. The lowest BCUT2D eigenvalue weighted by Gasteiger charge is -2.34. The zero-order chi connectivity index (χ0) is 15.6. The van der Waals surface area contributed by atoms with Crippen LogP contribution < -0.4 is 5.73 Å². The molecule has 2 rings (SSSR count). The summed E-state index contributed by atoms with van der Waals surface area (Å²) in [7, 11) is 2.16. The molecule has 0 saturated carbocycles. The Morgan fingerprint density at radius 1 is 1.48 bits per heavy atom. The van der Waals surface area contributed by atoms with Crippen molar-refractivity contribution in [1.82, 2.24) is 20.0 Å². The Morgan fingerprint density at radius 2 is 2.10 bits per heavy atom. The minimum atomic E-state index is -0.0486. The number of hydrogen-bond donors (Lipinski definition) is 2. The summed E-state index contributed by atoms with van der Waals surface area (Å²) in [5, 5.41) is 6.81. The van der Waals surface area contributed by atoms with Crippen molar-refractivity contribution in [2.45, 2.75) is 39.7 Å². The summed E-state index contributed by atoms with van der Waals surface area (Å²) in [6.45, 7) is 8.93. The smallest absolute Gasteiger partial charge is 0.276 e. The molecule has 1 aliphatic rings. The number of piperidine rings is 1. The zero-order valence-electron chi connectivity index (χ0n) is 13.5. The van der Waals surface area contributed by atoms with Crippen LogP contribution in [0.1, 0.15) is 42.9 Å². The van der Waals surface area contributed by atoms with Gasteiger partial charge in [-0.3, -0.25) is 9.89 Å². The third kappa shape index (κ3) is 3.56. The summed E-state index contributed by atoms with van der Waals surface area (Å²) in [5.41, 5.74) is 7.48. The lowest BCUT2D eigenvalue weighted by atomic mass is 9.95. The molecule has 6 heteroatoms. The number of nitrogens with one attached hydrogen (secondary N) is 1. The molecule has 0 bridgehead atoms. The fourth-order valence-corrected chi connectivity index (χ4v) is 2.69. The molecule has 21 heavy (non-hydrogen) atoms. The van der Waals surface area contributed by atoms with Crippen LogP contribution in [0.4, 0.5) is 5.69 Å². The maximum Gasteiger partial charge on any atom is 0.276 e. The summed E-state index contributed by atoms with van der Waals surface area (Å²) in [6, 6.07) is 0.566. The Labute approximate surface area is 126 Å². The molecule has 0 radical (unpaired) electrons. The predicted octanol–water partition coefficient (Wildman–Crippen LogP) is 1.49. The lowest BCUT2D eigenvalue weighted by molar-refractivity contribution is 0.0661. The standard InChI is InChI=1S/C15H27N5O/c1-10(2)19(4)9-12-5-7-20(8-6-12)15(21)14-13(16)11(3)17-18-14/h10,12H,5-9,16H2,1-4H3,(H,17,18). The van der Waals surface area contributed by atoms with E-state index >= 15 is 0 Å². The number of anilines is 1. The highest BCUT2D eigenvalue weighted by molar-refractivity contribution is 5.97. The largest absolute Gasteiger partial charge is 0.395 e. The first kappa shape index (κ1) is 15.8. The second kappa shape index (κ2) is 6.47. The van der Waals surface area contributed by atoms with E-state index in [9.17, 15) is 4.79 Å². The molecule has 118 valence electrons.